The lowest BCUT2D eigenvalue weighted by Gasteiger charge is -2.14. The third kappa shape index (κ3) is 2.50. The van der Waals surface area contributed by atoms with Crippen LogP contribution in [0.1, 0.15) is 24.0 Å². The molecule has 0 spiro atoms. The van der Waals surface area contributed by atoms with Crippen molar-refractivity contribution in [3.8, 4) is 0 Å². The quantitative estimate of drug-likeness (QED) is 0.860. The molecule has 0 aromatic heterocycles. The van der Waals surface area contributed by atoms with Crippen LogP contribution in [0.5, 0.6) is 0 Å². The third-order valence-corrected chi connectivity index (χ3v) is 6.05. The zero-order valence-electron chi connectivity index (χ0n) is 12.3. The minimum atomic E-state index is -3.14. The monoisotopic (exact) mass is 297 g/mol. The highest BCUT2D eigenvalue weighted by Crippen LogP contribution is 2.62. The van der Waals surface area contributed by atoms with E-state index in [9.17, 15) is 8.42 Å². The lowest BCUT2D eigenvalue weighted by atomic mass is 9.99. The molecular formula is C15H23NO3S. The molecule has 4 nitrogen and oxygen atoms in total. The lowest BCUT2D eigenvalue weighted by Crippen LogP contribution is -2.28. The fraction of sp³-hybridized carbons (Fsp3) is 0.600. The molecule has 0 unspecified atom stereocenters. The zero-order chi connectivity index (χ0) is 15.0. The Bertz CT molecular complexity index is 567. The molecule has 5 heteroatoms. The zero-order valence-corrected chi connectivity index (χ0v) is 13.1. The first-order valence-corrected chi connectivity index (χ1v) is 8.83. The summed E-state index contributed by atoms with van der Waals surface area (Å²) >= 11 is 0. The van der Waals surface area contributed by atoms with Crippen molar-refractivity contribution in [3.63, 3.8) is 0 Å². The van der Waals surface area contributed by atoms with Crippen LogP contribution in [0.4, 0.5) is 0 Å². The molecule has 3 atom stereocenters. The second-order valence-corrected chi connectivity index (χ2v) is 7.86. The van der Waals surface area contributed by atoms with Gasteiger partial charge in [0.15, 0.2) is 9.84 Å². The van der Waals surface area contributed by atoms with Crippen molar-refractivity contribution >= 4 is 9.84 Å². The number of methoxy groups -OCH3 is 1. The average molecular weight is 297 g/mol. The molecule has 1 aliphatic carbocycles. The summed E-state index contributed by atoms with van der Waals surface area (Å²) in [6, 6.07) is 8.16. The van der Waals surface area contributed by atoms with Crippen molar-refractivity contribution in [1.29, 1.82) is 0 Å². The maximum Gasteiger partial charge on any atom is 0.151 e. The van der Waals surface area contributed by atoms with E-state index in [2.05, 4.69) is 19.1 Å². The van der Waals surface area contributed by atoms with Gasteiger partial charge < -0.3 is 10.5 Å². The van der Waals surface area contributed by atoms with Gasteiger partial charge in [-0.25, -0.2) is 8.42 Å². The highest BCUT2D eigenvalue weighted by Gasteiger charge is 2.69. The Kier molecular flexibility index (Phi) is 4.23. The van der Waals surface area contributed by atoms with Crippen molar-refractivity contribution in [3.05, 3.63) is 35.4 Å². The van der Waals surface area contributed by atoms with Gasteiger partial charge in [-0.2, -0.15) is 0 Å². The van der Waals surface area contributed by atoms with Crippen LogP contribution in [-0.4, -0.2) is 40.2 Å². The fourth-order valence-corrected chi connectivity index (χ4v) is 5.34. The van der Waals surface area contributed by atoms with E-state index in [0.717, 1.165) is 12.0 Å². The van der Waals surface area contributed by atoms with E-state index in [1.54, 1.807) is 7.11 Å². The van der Waals surface area contributed by atoms with Gasteiger partial charge in [0.2, 0.25) is 0 Å². The van der Waals surface area contributed by atoms with Crippen LogP contribution in [-0.2, 0) is 21.0 Å². The molecular weight excluding hydrogens is 274 g/mol. The number of rotatable bonds is 6. The smallest absolute Gasteiger partial charge is 0.151 e. The second kappa shape index (κ2) is 5.47. The van der Waals surface area contributed by atoms with Crippen molar-refractivity contribution in [1.82, 2.24) is 0 Å². The van der Waals surface area contributed by atoms with Crippen LogP contribution < -0.4 is 5.73 Å². The van der Waals surface area contributed by atoms with E-state index in [-0.39, 0.29) is 5.92 Å². The summed E-state index contributed by atoms with van der Waals surface area (Å²) in [6.45, 7) is 2.79. The second-order valence-electron chi connectivity index (χ2n) is 5.69. The minimum absolute atomic E-state index is 0.0617. The molecule has 1 aromatic carbocycles. The Hall–Kier alpha value is -0.910. The van der Waals surface area contributed by atoms with Gasteiger partial charge in [0, 0.05) is 31.2 Å². The van der Waals surface area contributed by atoms with E-state index in [0.29, 0.717) is 13.2 Å². The van der Waals surface area contributed by atoms with Crippen LogP contribution in [0, 0.1) is 5.41 Å². The van der Waals surface area contributed by atoms with Gasteiger partial charge in [-0.05, 0) is 17.5 Å². The van der Waals surface area contributed by atoms with Gasteiger partial charge in [-0.3, -0.25) is 0 Å². The molecule has 112 valence electrons. The molecule has 0 radical (unpaired) electrons. The predicted molar refractivity (Wildman–Crippen MR) is 80.6 cm³/mol. The van der Waals surface area contributed by atoms with Crippen LogP contribution in [0.3, 0.4) is 0 Å². The number of ether oxygens (including phenoxy) is 1. The van der Waals surface area contributed by atoms with Crippen LogP contribution in [0.2, 0.25) is 0 Å². The van der Waals surface area contributed by atoms with Crippen LogP contribution in [0.25, 0.3) is 0 Å². The van der Waals surface area contributed by atoms with Gasteiger partial charge in [0.25, 0.3) is 0 Å². The SMILES string of the molecule is CCc1ccc([C@H]2[C@H](S(C)(=O)=O)[C@@]2(CN)COC)cc1. The molecule has 0 amide bonds. The van der Waals surface area contributed by atoms with Crippen molar-refractivity contribution in [2.45, 2.75) is 24.5 Å². The van der Waals surface area contributed by atoms with Crippen molar-refractivity contribution < 1.29 is 13.2 Å². The van der Waals surface area contributed by atoms with Gasteiger partial charge in [-0.15, -0.1) is 0 Å². The summed E-state index contributed by atoms with van der Waals surface area (Å²) in [5, 5.41) is -0.438. The summed E-state index contributed by atoms with van der Waals surface area (Å²) in [5.74, 6) is -0.0617. The maximum atomic E-state index is 12.0. The van der Waals surface area contributed by atoms with Gasteiger partial charge in [0.1, 0.15) is 0 Å². The number of sulfone groups is 1. The largest absolute Gasteiger partial charge is 0.384 e. The molecule has 1 fully saturated rings. The first-order valence-electron chi connectivity index (χ1n) is 6.87. The molecule has 20 heavy (non-hydrogen) atoms. The molecule has 1 aromatic rings. The Morgan fingerprint density at radius 3 is 2.30 bits per heavy atom. The van der Waals surface area contributed by atoms with E-state index in [1.807, 2.05) is 12.1 Å². The van der Waals surface area contributed by atoms with E-state index < -0.39 is 20.5 Å². The highest BCUT2D eigenvalue weighted by atomic mass is 32.2. The van der Waals surface area contributed by atoms with Gasteiger partial charge in [-0.1, -0.05) is 31.2 Å². The fourth-order valence-electron chi connectivity index (χ4n) is 3.34. The first kappa shape index (κ1) is 15.5. The highest BCUT2D eigenvalue weighted by molar-refractivity contribution is 7.91. The lowest BCUT2D eigenvalue weighted by molar-refractivity contribution is 0.142. The number of hydrogen-bond donors (Lipinski definition) is 1. The topological polar surface area (TPSA) is 69.4 Å². The molecule has 0 saturated heterocycles. The van der Waals surface area contributed by atoms with Crippen molar-refractivity contribution in [2.75, 3.05) is 26.5 Å². The predicted octanol–water partition coefficient (Wildman–Crippen LogP) is 1.35. The Morgan fingerprint density at radius 2 is 1.90 bits per heavy atom. The normalized spacial score (nSPS) is 29.4. The maximum absolute atomic E-state index is 12.0. The molecule has 0 aliphatic heterocycles. The Morgan fingerprint density at radius 1 is 1.30 bits per heavy atom. The summed E-state index contributed by atoms with van der Waals surface area (Å²) in [4.78, 5) is 0. The van der Waals surface area contributed by atoms with Crippen LogP contribution in [0.15, 0.2) is 24.3 Å². The molecule has 2 rings (SSSR count). The Labute approximate surface area is 121 Å². The minimum Gasteiger partial charge on any atom is -0.384 e. The first-order chi connectivity index (χ1) is 9.40. The molecule has 2 N–H and O–H groups in total. The average Bonchev–Trinajstić information content (AvgIpc) is 3.09. The van der Waals surface area contributed by atoms with Gasteiger partial charge in [0.05, 0.1) is 11.9 Å². The summed E-state index contributed by atoms with van der Waals surface area (Å²) in [5.41, 5.74) is 7.69. The number of benzene rings is 1. The summed E-state index contributed by atoms with van der Waals surface area (Å²) in [6.07, 6.45) is 2.26. The number of nitrogens with two attached hydrogens (primary N) is 1. The van der Waals surface area contributed by atoms with Crippen LogP contribution >= 0.6 is 0 Å². The molecule has 0 bridgehead atoms. The third-order valence-electron chi connectivity index (χ3n) is 4.38. The number of hydrogen-bond acceptors (Lipinski definition) is 4. The van der Waals surface area contributed by atoms with E-state index in [1.165, 1.54) is 11.8 Å². The molecule has 1 aliphatic rings. The molecule has 0 heterocycles. The summed E-state index contributed by atoms with van der Waals surface area (Å²) in [7, 11) is -1.55. The van der Waals surface area contributed by atoms with Gasteiger partial charge >= 0.3 is 0 Å². The molecule has 1 saturated carbocycles. The summed E-state index contributed by atoms with van der Waals surface area (Å²) < 4.78 is 29.3. The Balaban J connectivity index is 2.37. The standard InChI is InChI=1S/C15H23NO3S/c1-4-11-5-7-12(8-6-11)13-14(20(3,17)18)15(13,9-16)10-19-2/h5-8,13-14H,4,9-10,16H2,1-3H3/t13-,14-,15-/m0/s1. The van der Waals surface area contributed by atoms with Crippen molar-refractivity contribution in [2.24, 2.45) is 11.1 Å². The number of aryl methyl sites for hydroxylation is 1. The van der Waals surface area contributed by atoms with E-state index >= 15 is 0 Å². The van der Waals surface area contributed by atoms with E-state index in [4.69, 9.17) is 10.5 Å².